The van der Waals surface area contributed by atoms with Gasteiger partial charge in [-0.15, -0.1) is 0 Å². The number of hydrogen-bond acceptors (Lipinski definition) is 12. The van der Waals surface area contributed by atoms with Crippen LogP contribution in [0.5, 0.6) is 5.75 Å². The molecule has 2 aromatic carbocycles. The minimum atomic E-state index is -4.76. The number of hydrogen-bond donors (Lipinski definition) is 3. The van der Waals surface area contributed by atoms with E-state index in [2.05, 4.69) is 10.1 Å². The first-order chi connectivity index (χ1) is 22.8. The highest BCUT2D eigenvalue weighted by atomic mass is 31.2. The zero-order valence-electron chi connectivity index (χ0n) is 26.1. The van der Waals surface area contributed by atoms with E-state index in [1.807, 2.05) is 13.8 Å². The first kappa shape index (κ1) is 36.6. The molecule has 0 bridgehead atoms. The molecule has 48 heavy (non-hydrogen) atoms. The lowest BCUT2D eigenvalue weighted by atomic mass is 10.1. The molecule has 0 saturated carbocycles. The Labute approximate surface area is 274 Å². The van der Waals surface area contributed by atoms with Crippen LogP contribution in [0.15, 0.2) is 77.7 Å². The van der Waals surface area contributed by atoms with Gasteiger partial charge in [-0.05, 0) is 36.1 Å². The minimum Gasteiger partial charge on any atom is -0.464 e. The summed E-state index contributed by atoms with van der Waals surface area (Å²) in [5.74, 6) is -5.92. The van der Waals surface area contributed by atoms with Gasteiger partial charge in [0.05, 0.1) is 19.6 Å². The van der Waals surface area contributed by atoms with E-state index in [0.29, 0.717) is 16.6 Å². The van der Waals surface area contributed by atoms with Crippen molar-refractivity contribution in [2.75, 3.05) is 18.9 Å². The van der Waals surface area contributed by atoms with E-state index in [1.54, 1.807) is 48.5 Å². The molecule has 5 atom stereocenters. The predicted octanol–water partition coefficient (Wildman–Crippen LogP) is 3.60. The number of aromatic nitrogens is 2. The summed E-state index contributed by atoms with van der Waals surface area (Å²) in [5, 5.41) is 12.9. The number of aliphatic hydroxyl groups is 1. The average molecular weight is 695 g/mol. The summed E-state index contributed by atoms with van der Waals surface area (Å²) in [6, 6.07) is 15.8. The van der Waals surface area contributed by atoms with Gasteiger partial charge in [-0.2, -0.15) is 18.9 Å². The zero-order chi connectivity index (χ0) is 34.9. The van der Waals surface area contributed by atoms with Crippen molar-refractivity contribution in [1.82, 2.24) is 14.6 Å². The molecule has 260 valence electrons. The Bertz CT molecular complexity index is 1630. The van der Waals surface area contributed by atoms with E-state index in [1.165, 1.54) is 12.1 Å². The van der Waals surface area contributed by atoms with E-state index in [9.17, 15) is 24.1 Å². The quantitative estimate of drug-likeness (QED) is 0.146. The Morgan fingerprint density at radius 3 is 2.42 bits per heavy atom. The van der Waals surface area contributed by atoms with Crippen molar-refractivity contribution in [2.24, 2.45) is 5.92 Å². The molecule has 17 heteroatoms. The average Bonchev–Trinajstić information content (AvgIpc) is 3.26. The van der Waals surface area contributed by atoms with Crippen molar-refractivity contribution < 1.29 is 51.3 Å². The molecular weight excluding hydrogens is 657 g/mol. The number of nitrogens with zero attached hydrogens (tertiary/aromatic N) is 2. The number of nitrogen functional groups attached to an aromatic ring is 1. The number of rotatable bonds is 16. The first-order valence-electron chi connectivity index (χ1n) is 15.0. The second kappa shape index (κ2) is 16.3. The Balaban J connectivity index is 1.55. The maximum absolute atomic E-state index is 15.1. The van der Waals surface area contributed by atoms with Gasteiger partial charge in [0.25, 0.3) is 0 Å². The highest BCUT2D eigenvalue weighted by Crippen LogP contribution is 2.48. The number of nitrogens with one attached hydrogen (secondary N) is 1. The van der Waals surface area contributed by atoms with Gasteiger partial charge in [0.15, 0.2) is 6.10 Å². The zero-order valence-corrected chi connectivity index (χ0v) is 27.0. The normalized spacial score (nSPS) is 20.5. The number of nitrogens with two attached hydrogens (primary N) is 1. The molecule has 0 radical (unpaired) electrons. The van der Waals surface area contributed by atoms with Crippen molar-refractivity contribution in [3.05, 3.63) is 89.0 Å². The van der Waals surface area contributed by atoms with Crippen molar-refractivity contribution in [1.29, 1.82) is 0 Å². The van der Waals surface area contributed by atoms with Gasteiger partial charge in [0.1, 0.15) is 30.3 Å². The predicted molar refractivity (Wildman–Crippen MR) is 167 cm³/mol. The van der Waals surface area contributed by atoms with Crippen LogP contribution in [0.2, 0.25) is 0 Å². The fourth-order valence-electron chi connectivity index (χ4n) is 4.42. The fourth-order valence-corrected chi connectivity index (χ4v) is 5.92. The molecule has 14 nitrogen and oxygen atoms in total. The van der Waals surface area contributed by atoms with E-state index < -0.39 is 68.8 Å². The molecular formula is C31H37F2N4O10P. The summed E-state index contributed by atoms with van der Waals surface area (Å²) in [6.07, 6.45) is -5.96. The molecule has 4 N–H and O–H groups in total. The first-order valence-corrected chi connectivity index (χ1v) is 16.5. The largest absolute Gasteiger partial charge is 0.464 e. The Hall–Kier alpha value is -4.21. The van der Waals surface area contributed by atoms with E-state index in [-0.39, 0.29) is 30.7 Å². The highest BCUT2D eigenvalue weighted by Gasteiger charge is 2.60. The van der Waals surface area contributed by atoms with Gasteiger partial charge in [0.2, 0.25) is 6.23 Å². The molecule has 1 saturated heterocycles. The molecule has 1 fully saturated rings. The van der Waals surface area contributed by atoms with Crippen molar-refractivity contribution in [2.45, 2.75) is 63.7 Å². The molecule has 1 aromatic heterocycles. The third-order valence-electron chi connectivity index (χ3n) is 7.01. The number of ether oxygens (including phenoxy) is 3. The van der Waals surface area contributed by atoms with Gasteiger partial charge >= 0.3 is 31.3 Å². The summed E-state index contributed by atoms with van der Waals surface area (Å²) < 4.78 is 71.9. The van der Waals surface area contributed by atoms with Crippen LogP contribution in [0.1, 0.15) is 38.5 Å². The Kier molecular flexibility index (Phi) is 12.4. The summed E-state index contributed by atoms with van der Waals surface area (Å²) in [4.78, 5) is 41.7. The second-order valence-corrected chi connectivity index (χ2v) is 13.0. The van der Waals surface area contributed by atoms with Crippen molar-refractivity contribution in [3.63, 3.8) is 0 Å². The number of carbonyl (C=O) groups excluding carboxylic acids is 2. The lowest BCUT2D eigenvalue weighted by molar-refractivity contribution is -0.153. The lowest BCUT2D eigenvalue weighted by Gasteiger charge is -2.26. The van der Waals surface area contributed by atoms with Crippen LogP contribution in [0.25, 0.3) is 0 Å². The number of anilines is 1. The van der Waals surface area contributed by atoms with Gasteiger partial charge in [-0.1, -0.05) is 62.4 Å². The molecule has 0 spiro atoms. The van der Waals surface area contributed by atoms with Gasteiger partial charge in [0, 0.05) is 6.20 Å². The monoisotopic (exact) mass is 694 g/mol. The number of benzene rings is 2. The third kappa shape index (κ3) is 9.90. The van der Waals surface area contributed by atoms with Crippen LogP contribution in [-0.4, -0.2) is 64.0 Å². The van der Waals surface area contributed by atoms with Crippen LogP contribution in [0, 0.1) is 5.92 Å². The van der Waals surface area contributed by atoms with E-state index >= 15 is 8.78 Å². The fraction of sp³-hybridized carbons (Fsp3) is 0.419. The summed E-state index contributed by atoms with van der Waals surface area (Å²) in [5.41, 5.74) is 4.96. The van der Waals surface area contributed by atoms with Crippen LogP contribution in [0.3, 0.4) is 0 Å². The molecule has 0 amide bonds. The number of carbonyl (C=O) groups is 2. The van der Waals surface area contributed by atoms with Gasteiger partial charge in [-0.25, -0.2) is 9.36 Å². The molecule has 4 rings (SSSR count). The Morgan fingerprint density at radius 2 is 1.77 bits per heavy atom. The number of esters is 2. The molecule has 1 aliphatic heterocycles. The molecule has 0 aliphatic carbocycles. The second-order valence-electron chi connectivity index (χ2n) is 11.3. The summed E-state index contributed by atoms with van der Waals surface area (Å²) in [6.45, 7) is 2.72. The maximum atomic E-state index is 15.1. The summed E-state index contributed by atoms with van der Waals surface area (Å²) >= 11 is 0. The maximum Gasteiger partial charge on any atom is 0.459 e. The third-order valence-corrected chi connectivity index (χ3v) is 8.58. The molecule has 1 aliphatic rings. The number of para-hydroxylation sites is 1. The van der Waals surface area contributed by atoms with Crippen molar-refractivity contribution >= 4 is 25.5 Å². The van der Waals surface area contributed by atoms with Gasteiger partial charge < -0.3 is 29.6 Å². The molecule has 1 unspecified atom stereocenters. The van der Waals surface area contributed by atoms with Crippen LogP contribution in [-0.2, 0) is 39.5 Å². The van der Waals surface area contributed by atoms with Gasteiger partial charge in [-0.3, -0.25) is 18.7 Å². The van der Waals surface area contributed by atoms with Crippen LogP contribution >= 0.6 is 7.75 Å². The topological polar surface area (TPSA) is 191 Å². The van der Waals surface area contributed by atoms with Crippen LogP contribution in [0.4, 0.5) is 14.6 Å². The smallest absolute Gasteiger partial charge is 0.459 e. The van der Waals surface area contributed by atoms with E-state index in [0.717, 1.165) is 12.3 Å². The summed E-state index contributed by atoms with van der Waals surface area (Å²) in [7, 11) is -4.76. The standard InChI is InChI=1S/C31H37F2N4O10P/c1-20(2)14-16-43-28(40)23(17-26(38)44-18-21-9-5-3-6-10-21)36-48(42,47-22-11-7-4-8-12-22)45-19-24-27(39)31(32,33)29(46-24)37-15-13-25(34)35-30(37)41/h3-13,15,20,23-24,27,29,39H,14,16-19H2,1-2H3,(H,36,42)(H2,34,35,41)/t23-,24+,27+,29+,48?/m0/s1. The lowest BCUT2D eigenvalue weighted by Crippen LogP contribution is -2.42. The Morgan fingerprint density at radius 1 is 1.10 bits per heavy atom. The number of halogens is 2. The van der Waals surface area contributed by atoms with E-state index in [4.69, 9.17) is 29.0 Å². The number of aliphatic hydroxyl groups excluding tert-OH is 1. The molecule has 2 heterocycles. The highest BCUT2D eigenvalue weighted by molar-refractivity contribution is 7.52. The molecule has 3 aromatic rings. The number of alkyl halides is 2. The van der Waals surface area contributed by atoms with Crippen molar-refractivity contribution in [3.8, 4) is 5.75 Å². The SMILES string of the molecule is CC(C)CCOC(=O)[C@H](CC(=O)OCc1ccccc1)NP(=O)(OC[C@H]1O[C@@H](n2ccc(N)nc2=O)C(F)(F)[C@@H]1O)Oc1ccccc1. The minimum absolute atomic E-state index is 0.0116. The van der Waals surface area contributed by atoms with Crippen LogP contribution < -0.4 is 21.0 Å².